The Kier molecular flexibility index (Phi) is 5.84. The maximum absolute atomic E-state index is 13.1. The largest absolute Gasteiger partial charge is 0.316 e. The summed E-state index contributed by atoms with van der Waals surface area (Å²) < 4.78 is 38.7. The van der Waals surface area contributed by atoms with Crippen molar-refractivity contribution in [2.24, 2.45) is 0 Å². The fraction of sp³-hybridized carbons (Fsp3) is 0.455. The zero-order valence-electron chi connectivity index (χ0n) is 10.0. The summed E-state index contributed by atoms with van der Waals surface area (Å²) in [6.45, 7) is 3.13. The molecule has 0 aliphatic rings. The van der Waals surface area contributed by atoms with Gasteiger partial charge in [-0.3, -0.25) is 4.72 Å². The molecule has 0 aromatic heterocycles. The lowest BCUT2D eigenvalue weighted by Crippen LogP contribution is -2.27. The highest BCUT2D eigenvalue weighted by Gasteiger charge is 2.11. The van der Waals surface area contributed by atoms with E-state index in [1.54, 1.807) is 0 Å². The zero-order valence-corrected chi connectivity index (χ0v) is 11.6. The van der Waals surface area contributed by atoms with E-state index < -0.39 is 15.8 Å². The SMILES string of the molecule is CCCNCCS(=O)(=O)Nc1ccc(Cl)c(F)c1. The second kappa shape index (κ2) is 6.92. The van der Waals surface area contributed by atoms with Gasteiger partial charge in [0.2, 0.25) is 10.0 Å². The topological polar surface area (TPSA) is 58.2 Å². The maximum Gasteiger partial charge on any atom is 0.233 e. The smallest absolute Gasteiger partial charge is 0.233 e. The summed E-state index contributed by atoms with van der Waals surface area (Å²) in [4.78, 5) is 0. The highest BCUT2D eigenvalue weighted by atomic mass is 35.5. The molecule has 2 N–H and O–H groups in total. The molecule has 102 valence electrons. The van der Waals surface area contributed by atoms with E-state index in [4.69, 9.17) is 11.6 Å². The molecule has 1 aromatic rings. The minimum atomic E-state index is -3.47. The summed E-state index contributed by atoms with van der Waals surface area (Å²) in [6.07, 6.45) is 0.940. The van der Waals surface area contributed by atoms with Gasteiger partial charge in [0, 0.05) is 6.54 Å². The Morgan fingerprint density at radius 1 is 1.33 bits per heavy atom. The van der Waals surface area contributed by atoms with Crippen LogP contribution in [0, 0.1) is 5.82 Å². The van der Waals surface area contributed by atoms with Crippen LogP contribution in [0.3, 0.4) is 0 Å². The average Bonchev–Trinajstić information content (AvgIpc) is 2.29. The van der Waals surface area contributed by atoms with Gasteiger partial charge < -0.3 is 5.32 Å². The van der Waals surface area contributed by atoms with E-state index in [0.29, 0.717) is 6.54 Å². The van der Waals surface area contributed by atoms with Crippen molar-refractivity contribution in [1.82, 2.24) is 5.32 Å². The van der Waals surface area contributed by atoms with Crippen LogP contribution in [-0.2, 0) is 10.0 Å². The molecule has 0 bridgehead atoms. The van der Waals surface area contributed by atoms with Crippen LogP contribution in [0.25, 0.3) is 0 Å². The molecule has 4 nitrogen and oxygen atoms in total. The van der Waals surface area contributed by atoms with Crippen molar-refractivity contribution in [3.63, 3.8) is 0 Å². The summed E-state index contributed by atoms with van der Waals surface area (Å²) in [5.74, 6) is -0.710. The molecule has 0 saturated heterocycles. The molecule has 0 aliphatic carbocycles. The first-order chi connectivity index (χ1) is 8.44. The molecule has 18 heavy (non-hydrogen) atoms. The molecule has 0 amide bonds. The van der Waals surface area contributed by atoms with Crippen molar-refractivity contribution in [1.29, 1.82) is 0 Å². The normalized spacial score (nSPS) is 11.5. The molecule has 0 unspecified atom stereocenters. The Hall–Kier alpha value is -0.850. The molecule has 0 heterocycles. The van der Waals surface area contributed by atoms with Crippen LogP contribution in [0.1, 0.15) is 13.3 Å². The first kappa shape index (κ1) is 15.2. The Balaban J connectivity index is 2.56. The summed E-state index contributed by atoms with van der Waals surface area (Å²) in [5, 5.41) is 2.94. The second-order valence-corrected chi connectivity index (χ2v) is 6.05. The lowest BCUT2D eigenvalue weighted by molar-refractivity contribution is 0.595. The molecular formula is C11H16ClFN2O2S. The third-order valence-corrected chi connectivity index (χ3v) is 3.76. The van der Waals surface area contributed by atoms with Gasteiger partial charge >= 0.3 is 0 Å². The summed E-state index contributed by atoms with van der Waals surface area (Å²) in [7, 11) is -3.47. The fourth-order valence-electron chi connectivity index (χ4n) is 1.30. The second-order valence-electron chi connectivity index (χ2n) is 3.80. The first-order valence-corrected chi connectivity index (χ1v) is 7.64. The summed E-state index contributed by atoms with van der Waals surface area (Å²) >= 11 is 5.51. The van der Waals surface area contributed by atoms with Crippen molar-refractivity contribution in [3.8, 4) is 0 Å². The summed E-state index contributed by atoms with van der Waals surface area (Å²) in [5.41, 5.74) is 0.174. The third-order valence-electron chi connectivity index (χ3n) is 2.17. The number of halogens is 2. The van der Waals surface area contributed by atoms with Gasteiger partial charge in [-0.25, -0.2) is 12.8 Å². The Labute approximate surface area is 112 Å². The Morgan fingerprint density at radius 3 is 2.67 bits per heavy atom. The van der Waals surface area contributed by atoms with Gasteiger partial charge in [-0.2, -0.15) is 0 Å². The first-order valence-electron chi connectivity index (χ1n) is 5.61. The number of sulfonamides is 1. The van der Waals surface area contributed by atoms with E-state index in [0.717, 1.165) is 19.0 Å². The quantitative estimate of drug-likeness (QED) is 0.758. The van der Waals surface area contributed by atoms with Crippen molar-refractivity contribution in [3.05, 3.63) is 29.0 Å². The van der Waals surface area contributed by atoms with E-state index >= 15 is 0 Å². The Bertz CT molecular complexity index is 494. The summed E-state index contributed by atoms with van der Waals surface area (Å²) in [6, 6.07) is 3.78. The highest BCUT2D eigenvalue weighted by Crippen LogP contribution is 2.19. The van der Waals surface area contributed by atoms with Gasteiger partial charge in [0.05, 0.1) is 16.5 Å². The van der Waals surface area contributed by atoms with Crippen molar-refractivity contribution in [2.75, 3.05) is 23.6 Å². The van der Waals surface area contributed by atoms with E-state index in [1.165, 1.54) is 12.1 Å². The van der Waals surface area contributed by atoms with Crippen molar-refractivity contribution < 1.29 is 12.8 Å². The highest BCUT2D eigenvalue weighted by molar-refractivity contribution is 7.92. The molecule has 7 heteroatoms. The van der Waals surface area contributed by atoms with Gasteiger partial charge in [-0.1, -0.05) is 18.5 Å². The average molecular weight is 295 g/mol. The monoisotopic (exact) mass is 294 g/mol. The van der Waals surface area contributed by atoms with E-state index in [9.17, 15) is 12.8 Å². The number of nitrogens with one attached hydrogen (secondary N) is 2. The molecule has 0 aliphatic heterocycles. The lowest BCUT2D eigenvalue weighted by Gasteiger charge is -2.08. The fourth-order valence-corrected chi connectivity index (χ4v) is 2.42. The van der Waals surface area contributed by atoms with Gasteiger partial charge in [0.1, 0.15) is 5.82 Å². The van der Waals surface area contributed by atoms with Crippen LogP contribution in [0.5, 0.6) is 0 Å². The van der Waals surface area contributed by atoms with Crippen LogP contribution in [0.4, 0.5) is 10.1 Å². The van der Waals surface area contributed by atoms with Crippen LogP contribution in [0.15, 0.2) is 18.2 Å². The Morgan fingerprint density at radius 2 is 2.06 bits per heavy atom. The predicted molar refractivity (Wildman–Crippen MR) is 72.0 cm³/mol. The lowest BCUT2D eigenvalue weighted by atomic mass is 10.3. The van der Waals surface area contributed by atoms with Crippen LogP contribution in [-0.4, -0.2) is 27.3 Å². The molecule has 0 saturated carbocycles. The van der Waals surface area contributed by atoms with E-state index in [-0.39, 0.29) is 16.5 Å². The number of rotatable bonds is 7. The molecule has 1 rings (SSSR count). The van der Waals surface area contributed by atoms with Crippen molar-refractivity contribution >= 4 is 27.3 Å². The van der Waals surface area contributed by atoms with Gasteiger partial charge in [0.25, 0.3) is 0 Å². The molecular weight excluding hydrogens is 279 g/mol. The van der Waals surface area contributed by atoms with E-state index in [1.807, 2.05) is 6.92 Å². The van der Waals surface area contributed by atoms with Gasteiger partial charge in [-0.15, -0.1) is 0 Å². The number of anilines is 1. The van der Waals surface area contributed by atoms with Crippen molar-refractivity contribution in [2.45, 2.75) is 13.3 Å². The predicted octanol–water partition coefficient (Wildman–Crippen LogP) is 2.22. The third kappa shape index (κ3) is 5.20. The molecule has 1 aromatic carbocycles. The zero-order chi connectivity index (χ0) is 13.6. The molecule has 0 spiro atoms. The molecule has 0 radical (unpaired) electrons. The minimum Gasteiger partial charge on any atom is -0.316 e. The number of benzene rings is 1. The van der Waals surface area contributed by atoms with Gasteiger partial charge in [0.15, 0.2) is 0 Å². The maximum atomic E-state index is 13.1. The van der Waals surface area contributed by atoms with E-state index in [2.05, 4.69) is 10.0 Å². The molecule has 0 atom stereocenters. The van der Waals surface area contributed by atoms with Crippen LogP contribution < -0.4 is 10.0 Å². The molecule has 0 fully saturated rings. The standard InChI is InChI=1S/C11H16ClFN2O2S/c1-2-5-14-6-7-18(16,17)15-9-3-4-10(12)11(13)8-9/h3-4,8,14-15H,2,5-7H2,1H3. The number of hydrogen-bond donors (Lipinski definition) is 2. The number of hydrogen-bond acceptors (Lipinski definition) is 3. The van der Waals surface area contributed by atoms with Crippen LogP contribution in [0.2, 0.25) is 5.02 Å². The van der Waals surface area contributed by atoms with Gasteiger partial charge in [-0.05, 0) is 31.2 Å². The minimum absolute atomic E-state index is 0.0393. The van der Waals surface area contributed by atoms with Crippen LogP contribution >= 0.6 is 11.6 Å².